The smallest absolute Gasteiger partial charge is 0.323 e. The molecular formula is C60H63N5O4. The molecule has 3 N–H and O–H groups in total. The van der Waals surface area contributed by atoms with Gasteiger partial charge < -0.3 is 25.4 Å². The Morgan fingerprint density at radius 1 is 0.652 bits per heavy atom. The summed E-state index contributed by atoms with van der Waals surface area (Å²) in [5, 5.41) is 11.2. The highest BCUT2D eigenvalue weighted by atomic mass is 16.5. The average Bonchev–Trinajstić information content (AvgIpc) is 3.38. The van der Waals surface area contributed by atoms with Crippen molar-refractivity contribution in [2.45, 2.75) is 84.4 Å². The van der Waals surface area contributed by atoms with Gasteiger partial charge in [0, 0.05) is 41.5 Å². The van der Waals surface area contributed by atoms with Crippen LogP contribution in [0.4, 0.5) is 21.9 Å². The van der Waals surface area contributed by atoms with Gasteiger partial charge in [-0.15, -0.1) is 0 Å². The van der Waals surface area contributed by atoms with Gasteiger partial charge in [0.25, 0.3) is 5.56 Å². The number of rotatable bonds is 20. The fourth-order valence-electron chi connectivity index (χ4n) is 9.15. The van der Waals surface area contributed by atoms with Crippen molar-refractivity contribution in [1.29, 1.82) is 0 Å². The molecule has 0 aliphatic rings. The quantitative estimate of drug-likeness (QED) is 0.0519. The van der Waals surface area contributed by atoms with E-state index >= 15 is 0 Å². The molecule has 6 aromatic carbocycles. The summed E-state index contributed by atoms with van der Waals surface area (Å²) in [6.45, 7) is 12.6. The van der Waals surface area contributed by atoms with Crippen LogP contribution in [0.5, 0.6) is 5.75 Å². The highest BCUT2D eigenvalue weighted by Crippen LogP contribution is 2.43. The molecule has 8 rings (SSSR count). The van der Waals surface area contributed by atoms with Crippen LogP contribution in [0, 0.1) is 0 Å². The van der Waals surface area contributed by atoms with Crippen molar-refractivity contribution in [3.63, 3.8) is 0 Å². The van der Waals surface area contributed by atoms with Gasteiger partial charge in [-0.3, -0.25) is 9.36 Å². The number of unbranched alkanes of at least 4 members (excludes halogenated alkanes) is 1. The minimum atomic E-state index is -0.753. The number of hydrogen-bond donors (Lipinski definition) is 3. The topological polar surface area (TPSA) is 107 Å². The predicted molar refractivity (Wildman–Crippen MR) is 283 cm³/mol. The van der Waals surface area contributed by atoms with E-state index in [0.29, 0.717) is 55.4 Å². The van der Waals surface area contributed by atoms with Crippen LogP contribution in [0.3, 0.4) is 0 Å². The molecule has 0 aliphatic carbocycles. The van der Waals surface area contributed by atoms with Crippen molar-refractivity contribution >= 4 is 34.1 Å². The van der Waals surface area contributed by atoms with Crippen LogP contribution in [-0.2, 0) is 23.4 Å². The van der Waals surface area contributed by atoms with Crippen LogP contribution in [0.15, 0.2) is 181 Å². The lowest BCUT2D eigenvalue weighted by molar-refractivity contribution is 0.107. The van der Waals surface area contributed by atoms with E-state index in [0.717, 1.165) is 62.9 Å². The van der Waals surface area contributed by atoms with E-state index in [4.69, 9.17) is 14.5 Å². The van der Waals surface area contributed by atoms with Gasteiger partial charge in [0.05, 0.1) is 19.8 Å². The number of nitrogens with one attached hydrogen (secondary N) is 3. The zero-order valence-corrected chi connectivity index (χ0v) is 40.4. The van der Waals surface area contributed by atoms with E-state index in [1.54, 1.807) is 10.8 Å². The van der Waals surface area contributed by atoms with Crippen LogP contribution < -0.4 is 26.2 Å². The van der Waals surface area contributed by atoms with Crippen LogP contribution in [-0.4, -0.2) is 28.8 Å². The Labute approximate surface area is 406 Å². The summed E-state index contributed by atoms with van der Waals surface area (Å²) in [6, 6.07) is 57.0. The van der Waals surface area contributed by atoms with Crippen molar-refractivity contribution in [3.05, 3.63) is 220 Å². The summed E-state index contributed by atoms with van der Waals surface area (Å²) in [5.74, 6) is 0.683. The van der Waals surface area contributed by atoms with E-state index < -0.39 is 11.6 Å². The van der Waals surface area contributed by atoms with Crippen molar-refractivity contribution in [2.24, 2.45) is 0 Å². The number of anilines is 3. The lowest BCUT2D eigenvalue weighted by Gasteiger charge is -2.38. The Morgan fingerprint density at radius 2 is 1.23 bits per heavy atom. The summed E-state index contributed by atoms with van der Waals surface area (Å²) in [7, 11) is 0. The molecule has 9 heteroatoms. The summed E-state index contributed by atoms with van der Waals surface area (Å²) >= 11 is 0. The third-order valence-corrected chi connectivity index (χ3v) is 12.6. The Balaban J connectivity index is 1.15. The Bertz CT molecular complexity index is 2880. The zero-order valence-electron chi connectivity index (χ0n) is 40.4. The number of pyridine rings is 2. The molecule has 0 saturated heterocycles. The Morgan fingerprint density at radius 3 is 1.81 bits per heavy atom. The second kappa shape index (κ2) is 22.5. The molecule has 9 nitrogen and oxygen atoms in total. The molecule has 0 spiro atoms. The van der Waals surface area contributed by atoms with Crippen molar-refractivity contribution < 1.29 is 14.3 Å². The van der Waals surface area contributed by atoms with Gasteiger partial charge in [-0.2, -0.15) is 0 Å². The number of aromatic nitrogens is 2. The summed E-state index contributed by atoms with van der Waals surface area (Å²) in [5.41, 5.74) is 8.90. The summed E-state index contributed by atoms with van der Waals surface area (Å²) in [4.78, 5) is 34.3. The number of benzene rings is 6. The lowest BCUT2D eigenvalue weighted by Crippen LogP contribution is -2.38. The number of urea groups is 1. The van der Waals surface area contributed by atoms with E-state index in [1.165, 1.54) is 0 Å². The predicted octanol–water partition coefficient (Wildman–Crippen LogP) is 14.1. The first-order chi connectivity index (χ1) is 33.7. The normalized spacial score (nSPS) is 11.5. The third-order valence-electron chi connectivity index (χ3n) is 12.6. The van der Waals surface area contributed by atoms with Crippen LogP contribution in [0.2, 0.25) is 0 Å². The van der Waals surface area contributed by atoms with Gasteiger partial charge in [-0.25, -0.2) is 9.78 Å². The number of hydrogen-bond acceptors (Lipinski definition) is 6. The van der Waals surface area contributed by atoms with Gasteiger partial charge >= 0.3 is 6.03 Å². The minimum Gasteiger partial charge on any atom is -0.493 e. The Hall–Kier alpha value is -7.49. The number of carbonyl (C=O) groups is 1. The first-order valence-corrected chi connectivity index (χ1v) is 24.2. The van der Waals surface area contributed by atoms with Gasteiger partial charge in [0.2, 0.25) is 0 Å². The maximum Gasteiger partial charge on any atom is 0.323 e. The molecule has 0 unspecified atom stereocenters. The molecule has 8 aromatic rings. The van der Waals surface area contributed by atoms with Crippen molar-refractivity contribution in [3.8, 4) is 16.9 Å². The second-order valence-electron chi connectivity index (χ2n) is 18.1. The van der Waals surface area contributed by atoms with Crippen LogP contribution >= 0.6 is 0 Å². The number of amides is 2. The van der Waals surface area contributed by atoms with E-state index in [1.807, 2.05) is 84.9 Å². The third kappa shape index (κ3) is 11.0. The van der Waals surface area contributed by atoms with E-state index in [-0.39, 0.29) is 23.1 Å². The summed E-state index contributed by atoms with van der Waals surface area (Å²) < 4.78 is 13.8. The molecule has 69 heavy (non-hydrogen) atoms. The highest BCUT2D eigenvalue weighted by Gasteiger charge is 2.37. The molecule has 0 atom stereocenters. The second-order valence-corrected chi connectivity index (χ2v) is 18.1. The molecule has 2 aromatic heterocycles. The van der Waals surface area contributed by atoms with Crippen molar-refractivity contribution in [2.75, 3.05) is 29.2 Å². The van der Waals surface area contributed by atoms with Gasteiger partial charge in [-0.05, 0) is 93.6 Å². The monoisotopic (exact) mass is 917 g/mol. The van der Waals surface area contributed by atoms with Gasteiger partial charge in [-0.1, -0.05) is 174 Å². The van der Waals surface area contributed by atoms with Gasteiger partial charge in [0.1, 0.15) is 22.6 Å². The van der Waals surface area contributed by atoms with E-state index in [2.05, 4.69) is 135 Å². The molecule has 352 valence electrons. The highest BCUT2D eigenvalue weighted by molar-refractivity contribution is 6.08. The maximum absolute atomic E-state index is 14.8. The average molecular weight is 918 g/mol. The number of nitrogens with zero attached hydrogens (tertiary/aromatic N) is 2. The number of fused-ring (bicyclic) bond motifs is 1. The molecule has 2 heterocycles. The van der Waals surface area contributed by atoms with Gasteiger partial charge in [0.15, 0.2) is 0 Å². The number of carbonyl (C=O) groups excluding carboxylic acids is 1. The molecule has 0 aliphatic heterocycles. The number of aryl methyl sites for hydroxylation is 1. The van der Waals surface area contributed by atoms with Crippen LogP contribution in [0.25, 0.3) is 22.2 Å². The Kier molecular flexibility index (Phi) is 15.7. The zero-order chi connectivity index (χ0) is 48.2. The molecule has 0 saturated carbocycles. The minimum absolute atomic E-state index is 0.0193. The first kappa shape index (κ1) is 48.0. The molecule has 2 amide bonds. The standard InChI is InChI=1S/C60H63N5O4/c1-6-7-35-65-57-51(33-21-34-61-57)54(45-25-20-32-50(38-45)69-37-22-36-68-41-44-23-12-8-13-24-44)56(58(65)66)63-59(67)62-55-52(42(2)3)39-49(40-53(55)43(4)5)64-60(46-26-14-9-15-27-46,47-28-16-10-17-29-47)48-30-18-11-19-31-48/h8-21,23-34,38-40,42-43,64H,6-7,22,35-37,41H2,1-5H3,(H2,62,63,67). The summed E-state index contributed by atoms with van der Waals surface area (Å²) in [6.07, 6.45) is 4.06. The molecule has 0 radical (unpaired) electrons. The van der Waals surface area contributed by atoms with Crippen molar-refractivity contribution in [1.82, 2.24) is 9.55 Å². The number of ether oxygens (including phenoxy) is 2. The maximum atomic E-state index is 14.8. The lowest BCUT2D eigenvalue weighted by atomic mass is 9.76. The SMILES string of the molecule is CCCCn1c(=O)c(NC(=O)Nc2c(C(C)C)cc(NC(c3ccccc3)(c3ccccc3)c3ccccc3)cc2C(C)C)c(-c2cccc(OCCCOCc3ccccc3)c2)c2cccnc21. The fraction of sp³-hybridized carbons (Fsp3) is 0.250. The largest absolute Gasteiger partial charge is 0.493 e. The molecule has 0 fully saturated rings. The van der Waals surface area contributed by atoms with E-state index in [9.17, 15) is 9.59 Å². The molecule has 0 bridgehead atoms. The van der Waals surface area contributed by atoms with Crippen LogP contribution in [0.1, 0.15) is 99.1 Å². The fourth-order valence-corrected chi connectivity index (χ4v) is 9.15. The first-order valence-electron chi connectivity index (χ1n) is 24.2. The molecular weight excluding hydrogens is 855 g/mol.